The molecule has 1 aliphatic heterocycles. The van der Waals surface area contributed by atoms with Crippen molar-refractivity contribution in [1.82, 2.24) is 9.97 Å². The van der Waals surface area contributed by atoms with Gasteiger partial charge in [0.2, 0.25) is 0 Å². The van der Waals surface area contributed by atoms with Crippen molar-refractivity contribution in [2.24, 2.45) is 0 Å². The zero-order chi connectivity index (χ0) is 20.9. The summed E-state index contributed by atoms with van der Waals surface area (Å²) in [5.41, 5.74) is 1.18. The Bertz CT molecular complexity index is 1000. The SMILES string of the molecule is Fc1ccc(N(Cl)c2ncnc3cc(OCCCCl)cc(OC4CCOC4)c23)cc1. The third kappa shape index (κ3) is 4.69. The summed E-state index contributed by atoms with van der Waals surface area (Å²) in [7, 11) is 0. The van der Waals surface area contributed by atoms with E-state index in [-0.39, 0.29) is 11.9 Å². The minimum absolute atomic E-state index is 0.0889. The van der Waals surface area contributed by atoms with Crippen LogP contribution in [0.2, 0.25) is 0 Å². The largest absolute Gasteiger partial charge is 0.493 e. The first kappa shape index (κ1) is 20.9. The van der Waals surface area contributed by atoms with Crippen LogP contribution in [-0.2, 0) is 4.74 Å². The number of halogens is 3. The Kier molecular flexibility index (Phi) is 6.72. The molecule has 0 bridgehead atoms. The predicted octanol–water partition coefficient (Wildman–Crippen LogP) is 5.24. The second-order valence-electron chi connectivity index (χ2n) is 6.76. The number of fused-ring (bicyclic) bond motifs is 1. The van der Waals surface area contributed by atoms with E-state index in [2.05, 4.69) is 9.97 Å². The highest BCUT2D eigenvalue weighted by molar-refractivity contribution is 6.30. The van der Waals surface area contributed by atoms with Crippen LogP contribution >= 0.6 is 23.4 Å². The van der Waals surface area contributed by atoms with Gasteiger partial charge in [-0.05, 0) is 30.7 Å². The van der Waals surface area contributed by atoms with Crippen LogP contribution in [0, 0.1) is 5.82 Å². The third-order valence-corrected chi connectivity index (χ3v) is 5.25. The molecule has 2 aromatic carbocycles. The highest BCUT2D eigenvalue weighted by atomic mass is 35.5. The molecule has 1 atom stereocenters. The molecule has 158 valence electrons. The molecule has 3 aromatic rings. The molecule has 2 heterocycles. The van der Waals surface area contributed by atoms with Crippen LogP contribution in [0.5, 0.6) is 11.5 Å². The van der Waals surface area contributed by atoms with Gasteiger partial charge < -0.3 is 14.2 Å². The summed E-state index contributed by atoms with van der Waals surface area (Å²) in [6, 6.07) is 9.43. The summed E-state index contributed by atoms with van der Waals surface area (Å²) in [6.07, 6.45) is 2.83. The number of benzene rings is 2. The topological polar surface area (TPSA) is 56.7 Å². The molecule has 1 aliphatic rings. The molecule has 1 fully saturated rings. The summed E-state index contributed by atoms with van der Waals surface area (Å²) in [4.78, 5) is 8.75. The molecule has 9 heteroatoms. The summed E-state index contributed by atoms with van der Waals surface area (Å²) in [5, 5.41) is 0.633. The molecular weight excluding hydrogens is 432 g/mol. The maximum absolute atomic E-state index is 13.3. The Balaban J connectivity index is 1.77. The summed E-state index contributed by atoms with van der Waals surface area (Å²) in [5.74, 6) is 1.76. The second-order valence-corrected chi connectivity index (χ2v) is 7.48. The average molecular weight is 452 g/mol. The van der Waals surface area contributed by atoms with Gasteiger partial charge in [-0.2, -0.15) is 0 Å². The van der Waals surface area contributed by atoms with E-state index in [1.54, 1.807) is 18.2 Å². The number of hydrogen-bond acceptors (Lipinski definition) is 6. The van der Waals surface area contributed by atoms with E-state index < -0.39 is 0 Å². The van der Waals surface area contributed by atoms with Crippen molar-refractivity contribution in [1.29, 1.82) is 0 Å². The number of rotatable bonds is 8. The van der Waals surface area contributed by atoms with E-state index in [4.69, 9.17) is 37.6 Å². The van der Waals surface area contributed by atoms with Crippen molar-refractivity contribution in [3.8, 4) is 11.5 Å². The van der Waals surface area contributed by atoms with Crippen LogP contribution in [0.25, 0.3) is 10.9 Å². The monoisotopic (exact) mass is 451 g/mol. The van der Waals surface area contributed by atoms with Gasteiger partial charge in [0, 0.05) is 36.2 Å². The molecule has 0 spiro atoms. The molecule has 1 unspecified atom stereocenters. The summed E-state index contributed by atoms with van der Waals surface area (Å²) < 4.78 is 32.2. The van der Waals surface area contributed by atoms with Crippen molar-refractivity contribution >= 4 is 45.8 Å². The fourth-order valence-corrected chi connectivity index (χ4v) is 3.51. The van der Waals surface area contributed by atoms with E-state index >= 15 is 0 Å². The third-order valence-electron chi connectivity index (χ3n) is 4.62. The van der Waals surface area contributed by atoms with Crippen LogP contribution in [-0.4, -0.2) is 41.8 Å². The van der Waals surface area contributed by atoms with Crippen LogP contribution in [0.1, 0.15) is 12.8 Å². The number of alkyl halides is 1. The van der Waals surface area contributed by atoms with Crippen LogP contribution in [0.3, 0.4) is 0 Å². The van der Waals surface area contributed by atoms with Gasteiger partial charge in [-0.3, -0.25) is 0 Å². The van der Waals surface area contributed by atoms with Crippen molar-refractivity contribution in [3.63, 3.8) is 0 Å². The van der Waals surface area contributed by atoms with E-state index in [1.807, 2.05) is 6.07 Å². The van der Waals surface area contributed by atoms with Crippen LogP contribution in [0.4, 0.5) is 15.9 Å². The van der Waals surface area contributed by atoms with Crippen LogP contribution in [0.15, 0.2) is 42.7 Å². The highest BCUT2D eigenvalue weighted by Crippen LogP contribution is 2.40. The molecule has 1 aromatic heterocycles. The number of anilines is 2. The number of hydrogen-bond donors (Lipinski definition) is 0. The van der Waals surface area contributed by atoms with Crippen molar-refractivity contribution in [3.05, 3.63) is 48.5 Å². The Hall–Kier alpha value is -2.35. The second kappa shape index (κ2) is 9.64. The molecular formula is C21H20Cl2FN3O3. The zero-order valence-corrected chi connectivity index (χ0v) is 17.6. The van der Waals surface area contributed by atoms with Gasteiger partial charge in [0.05, 0.1) is 36.4 Å². The number of aromatic nitrogens is 2. The molecule has 4 rings (SSSR count). The predicted molar refractivity (Wildman–Crippen MR) is 115 cm³/mol. The van der Waals surface area contributed by atoms with Gasteiger partial charge in [-0.25, -0.2) is 18.8 Å². The number of ether oxygens (including phenoxy) is 3. The van der Waals surface area contributed by atoms with E-state index in [1.165, 1.54) is 22.9 Å². The molecule has 0 N–H and O–H groups in total. The first-order valence-corrected chi connectivity index (χ1v) is 10.5. The fourth-order valence-electron chi connectivity index (χ4n) is 3.16. The Morgan fingerprint density at radius 1 is 1.20 bits per heavy atom. The smallest absolute Gasteiger partial charge is 0.162 e. The van der Waals surface area contributed by atoms with E-state index in [9.17, 15) is 4.39 Å². The minimum atomic E-state index is -0.347. The maximum atomic E-state index is 13.3. The lowest BCUT2D eigenvalue weighted by Gasteiger charge is -2.20. The van der Waals surface area contributed by atoms with Gasteiger partial charge in [-0.1, -0.05) is 0 Å². The van der Waals surface area contributed by atoms with Gasteiger partial charge >= 0.3 is 0 Å². The highest BCUT2D eigenvalue weighted by Gasteiger charge is 2.23. The lowest BCUT2D eigenvalue weighted by molar-refractivity contribution is 0.142. The van der Waals surface area contributed by atoms with Crippen molar-refractivity contribution < 1.29 is 18.6 Å². The standard InChI is InChI=1S/C21H20Cl2FN3O3/c22-7-1-8-29-17-10-18-20(19(11-17)30-16-6-9-28-12-16)21(26-13-25-18)27(23)15-4-2-14(24)3-5-15/h2-5,10-11,13,16H,1,6-9,12H2. The first-order valence-electron chi connectivity index (χ1n) is 9.59. The molecule has 0 amide bonds. The zero-order valence-electron chi connectivity index (χ0n) is 16.1. The first-order chi connectivity index (χ1) is 14.7. The Labute approximate surface area is 183 Å². The quantitative estimate of drug-likeness (QED) is 0.265. The molecule has 0 radical (unpaired) electrons. The molecule has 0 aliphatic carbocycles. The Morgan fingerprint density at radius 2 is 2.03 bits per heavy atom. The van der Waals surface area contributed by atoms with Crippen molar-refractivity contribution in [2.45, 2.75) is 18.9 Å². The summed E-state index contributed by atoms with van der Waals surface area (Å²) in [6.45, 7) is 1.63. The maximum Gasteiger partial charge on any atom is 0.162 e. The average Bonchev–Trinajstić information content (AvgIpc) is 3.26. The molecule has 1 saturated heterocycles. The van der Waals surface area contributed by atoms with Gasteiger partial charge in [0.15, 0.2) is 5.82 Å². The lowest BCUT2D eigenvalue weighted by Crippen LogP contribution is -2.16. The molecule has 30 heavy (non-hydrogen) atoms. The minimum Gasteiger partial charge on any atom is -0.493 e. The van der Waals surface area contributed by atoms with Gasteiger partial charge in [0.25, 0.3) is 0 Å². The summed E-state index contributed by atoms with van der Waals surface area (Å²) >= 11 is 12.3. The van der Waals surface area contributed by atoms with E-state index in [0.29, 0.717) is 59.6 Å². The van der Waals surface area contributed by atoms with Gasteiger partial charge in [-0.15, -0.1) is 11.6 Å². The molecule has 6 nitrogen and oxygen atoms in total. The molecule has 0 saturated carbocycles. The Morgan fingerprint density at radius 3 is 2.77 bits per heavy atom. The fraction of sp³-hybridized carbons (Fsp3) is 0.333. The van der Waals surface area contributed by atoms with Gasteiger partial charge in [0.1, 0.15) is 29.7 Å². The normalized spacial score (nSPS) is 16.0. The van der Waals surface area contributed by atoms with Crippen molar-refractivity contribution in [2.75, 3.05) is 30.1 Å². The number of nitrogens with zero attached hydrogens (tertiary/aromatic N) is 3. The lowest BCUT2D eigenvalue weighted by atomic mass is 10.2. The van der Waals surface area contributed by atoms with Crippen LogP contribution < -0.4 is 13.9 Å². The van der Waals surface area contributed by atoms with E-state index in [0.717, 1.165) is 12.8 Å².